The van der Waals surface area contributed by atoms with Crippen molar-refractivity contribution < 1.29 is 9.47 Å². The van der Waals surface area contributed by atoms with Crippen LogP contribution in [0.15, 0.2) is 97.1 Å². The minimum absolute atomic E-state index is 0.00813. The smallest absolute Gasteiger partial charge is 0.162 e. The molecule has 38 heavy (non-hydrogen) atoms. The SMILES string of the molecule is CC(C)(C)[P@]1c2c(cccc2-c2ccccc2)OC1C1Oc2cccc(-c3ccccc3)c2[P@@]1C(C)(C)C. The summed E-state index contributed by atoms with van der Waals surface area (Å²) in [6.45, 7) is 14.3. The van der Waals surface area contributed by atoms with Gasteiger partial charge in [-0.15, -0.1) is 0 Å². The fraction of sp³-hybridized carbons (Fsp3) is 0.294. The number of rotatable bonds is 3. The summed E-state index contributed by atoms with van der Waals surface area (Å²) in [5.41, 5.74) is 5.11. The van der Waals surface area contributed by atoms with Crippen LogP contribution in [0.3, 0.4) is 0 Å². The lowest BCUT2D eigenvalue weighted by Crippen LogP contribution is -2.38. The van der Waals surface area contributed by atoms with Crippen LogP contribution < -0.4 is 20.1 Å². The maximum atomic E-state index is 7.01. The molecule has 0 aliphatic carbocycles. The molecule has 0 spiro atoms. The number of ether oxygens (including phenoxy) is 2. The summed E-state index contributed by atoms with van der Waals surface area (Å²) in [4.78, 5) is 0. The standard InChI is InChI=1S/C34H36O2P2/c1-33(2,3)37-29-25(23-15-9-7-10-16-23)19-13-21-27(29)35-31(37)32-36-28-22-14-20-26(24-17-11-8-12-18-24)30(28)38(32)34(4,5)6/h7-22,31-32H,1-6H3/t31?,32?,37-,38-/m1/s1. The fourth-order valence-corrected chi connectivity index (χ4v) is 12.8. The molecule has 0 saturated heterocycles. The molecule has 2 heterocycles. The van der Waals surface area contributed by atoms with E-state index in [-0.39, 0.29) is 22.0 Å². The first kappa shape index (κ1) is 25.6. The van der Waals surface area contributed by atoms with Gasteiger partial charge in [0.15, 0.2) is 11.7 Å². The molecule has 0 fully saturated rings. The first-order chi connectivity index (χ1) is 18.1. The highest BCUT2D eigenvalue weighted by atomic mass is 31.1. The lowest BCUT2D eigenvalue weighted by Gasteiger charge is -2.40. The van der Waals surface area contributed by atoms with Gasteiger partial charge in [0.25, 0.3) is 0 Å². The van der Waals surface area contributed by atoms with Crippen molar-refractivity contribution >= 4 is 26.5 Å². The van der Waals surface area contributed by atoms with Gasteiger partial charge in [-0.3, -0.25) is 0 Å². The summed E-state index contributed by atoms with van der Waals surface area (Å²) in [5.74, 6) is 2.05. The molecule has 2 aliphatic rings. The van der Waals surface area contributed by atoms with Gasteiger partial charge in [0.1, 0.15) is 11.5 Å². The highest BCUT2D eigenvalue weighted by Crippen LogP contribution is 2.69. The third-order valence-electron chi connectivity index (χ3n) is 7.34. The predicted molar refractivity (Wildman–Crippen MR) is 165 cm³/mol. The minimum Gasteiger partial charge on any atom is -0.481 e. The van der Waals surface area contributed by atoms with Crippen molar-refractivity contribution in [3.05, 3.63) is 97.1 Å². The Labute approximate surface area is 229 Å². The lowest BCUT2D eigenvalue weighted by atomic mass is 10.1. The molecular formula is C34H36O2P2. The summed E-state index contributed by atoms with van der Waals surface area (Å²) in [5, 5.41) is 2.88. The fourth-order valence-electron chi connectivity index (χ4n) is 5.86. The molecule has 2 unspecified atom stereocenters. The molecule has 4 aromatic carbocycles. The van der Waals surface area contributed by atoms with Gasteiger partial charge < -0.3 is 9.47 Å². The van der Waals surface area contributed by atoms with E-state index in [9.17, 15) is 0 Å². The highest BCUT2D eigenvalue weighted by molar-refractivity contribution is 7.72. The zero-order chi connectivity index (χ0) is 26.7. The van der Waals surface area contributed by atoms with E-state index in [1.165, 1.54) is 32.9 Å². The number of hydrogen-bond donors (Lipinski definition) is 0. The average molecular weight is 539 g/mol. The van der Waals surface area contributed by atoms with Crippen molar-refractivity contribution in [2.45, 2.75) is 63.5 Å². The van der Waals surface area contributed by atoms with Crippen LogP contribution in [-0.2, 0) is 0 Å². The Hall–Kier alpha value is -2.66. The van der Waals surface area contributed by atoms with E-state index in [0.717, 1.165) is 11.5 Å². The van der Waals surface area contributed by atoms with Crippen molar-refractivity contribution in [3.8, 4) is 33.8 Å². The summed E-state index contributed by atoms with van der Waals surface area (Å²) in [6, 6.07) is 34.7. The van der Waals surface area contributed by atoms with E-state index in [1.807, 2.05) is 0 Å². The molecule has 0 bridgehead atoms. The normalized spacial score (nSPS) is 22.4. The summed E-state index contributed by atoms with van der Waals surface area (Å²) in [6.07, 6.45) is 0. The van der Waals surface area contributed by atoms with E-state index < -0.39 is 15.8 Å². The molecule has 0 amide bonds. The van der Waals surface area contributed by atoms with Gasteiger partial charge in [0, 0.05) is 10.6 Å². The van der Waals surface area contributed by atoms with Crippen molar-refractivity contribution in [1.82, 2.24) is 0 Å². The highest BCUT2D eigenvalue weighted by Gasteiger charge is 2.55. The van der Waals surface area contributed by atoms with Crippen molar-refractivity contribution in [3.63, 3.8) is 0 Å². The number of fused-ring (bicyclic) bond motifs is 2. The molecule has 4 heteroatoms. The van der Waals surface area contributed by atoms with Gasteiger partial charge >= 0.3 is 0 Å². The zero-order valence-corrected chi connectivity index (χ0v) is 24.9. The van der Waals surface area contributed by atoms with Gasteiger partial charge in [-0.2, -0.15) is 0 Å². The minimum atomic E-state index is -0.692. The van der Waals surface area contributed by atoms with Crippen LogP contribution in [0, 0.1) is 0 Å². The predicted octanol–water partition coefficient (Wildman–Crippen LogP) is 8.97. The third kappa shape index (κ3) is 4.37. The van der Waals surface area contributed by atoms with Crippen molar-refractivity contribution in [2.24, 2.45) is 0 Å². The van der Waals surface area contributed by atoms with Crippen LogP contribution in [0.2, 0.25) is 0 Å². The molecule has 6 rings (SSSR count). The van der Waals surface area contributed by atoms with Crippen LogP contribution in [-0.4, -0.2) is 22.0 Å². The zero-order valence-electron chi connectivity index (χ0n) is 23.1. The van der Waals surface area contributed by atoms with Crippen LogP contribution >= 0.6 is 15.8 Å². The second kappa shape index (κ2) is 9.51. The molecule has 2 nitrogen and oxygen atoms in total. The van der Waals surface area contributed by atoms with E-state index in [0.29, 0.717) is 0 Å². The summed E-state index contributed by atoms with van der Waals surface area (Å²) in [7, 11) is -1.38. The Morgan fingerprint density at radius 1 is 0.474 bits per heavy atom. The Morgan fingerprint density at radius 2 is 0.842 bits per heavy atom. The Balaban J connectivity index is 1.50. The maximum absolute atomic E-state index is 7.01. The van der Waals surface area contributed by atoms with E-state index in [4.69, 9.17) is 9.47 Å². The molecule has 2 aliphatic heterocycles. The van der Waals surface area contributed by atoms with Gasteiger partial charge in [-0.05, 0) is 60.5 Å². The van der Waals surface area contributed by atoms with E-state index in [2.05, 4.69) is 139 Å². The Bertz CT molecular complexity index is 1340. The summed E-state index contributed by atoms with van der Waals surface area (Å²) >= 11 is 0. The van der Waals surface area contributed by atoms with Crippen LogP contribution in [0.4, 0.5) is 0 Å². The van der Waals surface area contributed by atoms with Gasteiger partial charge in [0.05, 0.1) is 0 Å². The molecule has 4 aromatic rings. The van der Waals surface area contributed by atoms with Crippen LogP contribution in [0.5, 0.6) is 11.5 Å². The van der Waals surface area contributed by atoms with E-state index in [1.54, 1.807) is 0 Å². The van der Waals surface area contributed by atoms with Gasteiger partial charge in [-0.1, -0.05) is 126 Å². The molecule has 0 aromatic heterocycles. The van der Waals surface area contributed by atoms with Gasteiger partial charge in [0.2, 0.25) is 0 Å². The molecular weight excluding hydrogens is 502 g/mol. The van der Waals surface area contributed by atoms with Crippen molar-refractivity contribution in [2.75, 3.05) is 0 Å². The first-order valence-corrected chi connectivity index (χ1v) is 16.3. The second-order valence-electron chi connectivity index (χ2n) is 12.1. The molecule has 194 valence electrons. The monoisotopic (exact) mass is 538 g/mol. The molecule has 0 N–H and O–H groups in total. The average Bonchev–Trinajstić information content (AvgIpc) is 3.48. The van der Waals surface area contributed by atoms with Crippen LogP contribution in [0.25, 0.3) is 22.3 Å². The quantitative estimate of drug-likeness (QED) is 0.242. The second-order valence-corrected chi connectivity index (χ2v) is 18.2. The molecule has 0 saturated carbocycles. The Morgan fingerprint density at radius 3 is 1.18 bits per heavy atom. The van der Waals surface area contributed by atoms with Gasteiger partial charge in [-0.25, -0.2) is 0 Å². The van der Waals surface area contributed by atoms with E-state index >= 15 is 0 Å². The largest absolute Gasteiger partial charge is 0.481 e. The molecule has 4 atom stereocenters. The first-order valence-electron chi connectivity index (χ1n) is 13.4. The van der Waals surface area contributed by atoms with Crippen molar-refractivity contribution in [1.29, 1.82) is 0 Å². The van der Waals surface area contributed by atoms with Crippen LogP contribution in [0.1, 0.15) is 41.5 Å². The maximum Gasteiger partial charge on any atom is 0.162 e. The Kier molecular flexibility index (Phi) is 6.41. The third-order valence-corrected chi connectivity index (χ3v) is 14.1. The topological polar surface area (TPSA) is 18.5 Å². The number of benzene rings is 4. The molecule has 0 radical (unpaired) electrons. The number of hydrogen-bond acceptors (Lipinski definition) is 2. The summed E-state index contributed by atoms with van der Waals surface area (Å²) < 4.78 is 14.0. The lowest BCUT2D eigenvalue weighted by molar-refractivity contribution is 0.171.